The van der Waals surface area contributed by atoms with E-state index in [1.54, 1.807) is 19.1 Å². The van der Waals surface area contributed by atoms with Crippen molar-refractivity contribution in [1.82, 2.24) is 0 Å². The van der Waals surface area contributed by atoms with Crippen molar-refractivity contribution < 1.29 is 48.8 Å². The van der Waals surface area contributed by atoms with E-state index in [4.69, 9.17) is 18.9 Å². The SMILES string of the molecule is CC[C@H]1OC(=O)C[C@@H](O)[C@H](C)[C@@H](O[C@H]2O[C@H](C)C[C@H]([NH+](C)C)[C@H]2O)[C@@H](CCO)C[C@@H](C)C(=O)/C=C/C2(C)OC2[C@@H]1C. The first-order valence-electron chi connectivity index (χ1n) is 15.4. The molecule has 236 valence electrons. The zero-order valence-corrected chi connectivity index (χ0v) is 26.1. The van der Waals surface area contributed by atoms with Gasteiger partial charge in [0, 0.05) is 30.8 Å². The highest BCUT2D eigenvalue weighted by Gasteiger charge is 2.55. The summed E-state index contributed by atoms with van der Waals surface area (Å²) in [5.74, 6) is -2.01. The first-order valence-corrected chi connectivity index (χ1v) is 15.4. The number of esters is 1. The molecule has 0 radical (unpaired) electrons. The highest BCUT2D eigenvalue weighted by molar-refractivity contribution is 5.91. The second-order valence-electron chi connectivity index (χ2n) is 13.1. The highest BCUT2D eigenvalue weighted by Crippen LogP contribution is 2.44. The van der Waals surface area contributed by atoms with Crippen LogP contribution >= 0.6 is 0 Å². The van der Waals surface area contributed by atoms with Gasteiger partial charge in [-0.05, 0) is 51.2 Å². The van der Waals surface area contributed by atoms with Crippen molar-refractivity contribution in [1.29, 1.82) is 0 Å². The average Bonchev–Trinajstić information content (AvgIpc) is 3.60. The third-order valence-corrected chi connectivity index (χ3v) is 9.50. The lowest BCUT2D eigenvalue weighted by Gasteiger charge is -2.43. The van der Waals surface area contributed by atoms with Crippen LogP contribution in [0.3, 0.4) is 0 Å². The normalized spacial score (nSPS) is 45.7. The van der Waals surface area contributed by atoms with Gasteiger partial charge >= 0.3 is 5.97 Å². The maximum atomic E-state index is 13.2. The zero-order chi connectivity index (χ0) is 30.6. The average molecular weight is 585 g/mol. The highest BCUT2D eigenvalue weighted by atomic mass is 16.7. The Bertz CT molecular complexity index is 912. The summed E-state index contributed by atoms with van der Waals surface area (Å²) in [7, 11) is 3.95. The predicted octanol–water partition coefficient (Wildman–Crippen LogP) is 1.05. The Balaban J connectivity index is 1.95. The minimum atomic E-state index is -1.11. The summed E-state index contributed by atoms with van der Waals surface area (Å²) in [4.78, 5) is 27.3. The number of hydrogen-bond donors (Lipinski definition) is 4. The monoisotopic (exact) mass is 584 g/mol. The van der Waals surface area contributed by atoms with Gasteiger partial charge in [-0.2, -0.15) is 0 Å². The molecule has 3 rings (SSSR count). The van der Waals surface area contributed by atoms with Gasteiger partial charge in [0.1, 0.15) is 17.7 Å². The van der Waals surface area contributed by atoms with Crippen molar-refractivity contribution in [2.24, 2.45) is 23.7 Å². The van der Waals surface area contributed by atoms with Gasteiger partial charge in [-0.1, -0.05) is 27.7 Å². The maximum absolute atomic E-state index is 13.2. The summed E-state index contributed by atoms with van der Waals surface area (Å²) in [6.45, 7) is 11.3. The number of aliphatic hydroxyl groups excluding tert-OH is 3. The summed E-state index contributed by atoms with van der Waals surface area (Å²) < 4.78 is 24.4. The van der Waals surface area contributed by atoms with Crippen molar-refractivity contribution in [2.45, 2.75) is 128 Å². The largest absolute Gasteiger partial charge is 0.462 e. The topological polar surface area (TPSA) is 139 Å². The molecule has 2 fully saturated rings. The number of quaternary nitrogens is 1. The minimum absolute atomic E-state index is 0.0626. The van der Waals surface area contributed by atoms with E-state index in [1.807, 2.05) is 48.7 Å². The van der Waals surface area contributed by atoms with Crippen LogP contribution in [0.4, 0.5) is 0 Å². The van der Waals surface area contributed by atoms with Crippen molar-refractivity contribution in [3.8, 4) is 0 Å². The van der Waals surface area contributed by atoms with E-state index in [2.05, 4.69) is 0 Å². The first kappa shape index (κ1) is 34.1. The third-order valence-electron chi connectivity index (χ3n) is 9.50. The van der Waals surface area contributed by atoms with Gasteiger partial charge in [0.25, 0.3) is 0 Å². The van der Waals surface area contributed by atoms with Crippen LogP contribution in [0.1, 0.15) is 73.6 Å². The van der Waals surface area contributed by atoms with E-state index in [1.165, 1.54) is 0 Å². The van der Waals surface area contributed by atoms with Gasteiger partial charge in [0.2, 0.25) is 0 Å². The third kappa shape index (κ3) is 8.37. The summed E-state index contributed by atoms with van der Waals surface area (Å²) >= 11 is 0. The van der Waals surface area contributed by atoms with Crippen LogP contribution in [0.5, 0.6) is 0 Å². The summed E-state index contributed by atoms with van der Waals surface area (Å²) in [6, 6.07) is -0.116. The van der Waals surface area contributed by atoms with Crippen LogP contribution in [-0.4, -0.2) is 102 Å². The van der Waals surface area contributed by atoms with Gasteiger partial charge in [0.05, 0.1) is 44.9 Å². The zero-order valence-electron chi connectivity index (χ0n) is 26.1. The Labute approximate surface area is 245 Å². The smallest absolute Gasteiger partial charge is 0.308 e. The van der Waals surface area contributed by atoms with Crippen molar-refractivity contribution in [3.63, 3.8) is 0 Å². The summed E-state index contributed by atoms with van der Waals surface area (Å²) in [5.41, 5.74) is -0.619. The van der Waals surface area contributed by atoms with Gasteiger partial charge in [0.15, 0.2) is 18.2 Å². The molecule has 0 aromatic carbocycles. The quantitative estimate of drug-likeness (QED) is 0.266. The number of likely N-dealkylation sites (N-methyl/N-ethyl adjacent to an activating group) is 1. The van der Waals surface area contributed by atoms with Crippen molar-refractivity contribution >= 4 is 11.8 Å². The van der Waals surface area contributed by atoms with Gasteiger partial charge in [-0.15, -0.1) is 0 Å². The number of carbonyl (C=O) groups is 2. The molecule has 10 heteroatoms. The van der Waals surface area contributed by atoms with Crippen molar-refractivity contribution in [2.75, 3.05) is 20.7 Å². The fraction of sp³-hybridized carbons (Fsp3) is 0.871. The molecule has 10 nitrogen and oxygen atoms in total. The first-order chi connectivity index (χ1) is 19.2. The van der Waals surface area contributed by atoms with Crippen molar-refractivity contribution in [3.05, 3.63) is 12.2 Å². The van der Waals surface area contributed by atoms with Crippen LogP contribution in [0, 0.1) is 23.7 Å². The van der Waals surface area contributed by atoms with Gasteiger partial charge in [-0.3, -0.25) is 9.59 Å². The van der Waals surface area contributed by atoms with Crippen LogP contribution < -0.4 is 4.90 Å². The molecule has 3 aliphatic heterocycles. The number of aliphatic hydroxyl groups is 3. The number of ether oxygens (including phenoxy) is 4. The molecular weight excluding hydrogens is 530 g/mol. The molecule has 41 heavy (non-hydrogen) atoms. The number of ketones is 1. The standard InChI is InChI=1S/C31H53NO9/c1-9-25-20(5)29-31(6,41-29)12-10-23(34)17(2)14-21(11-13-33)28(19(4)24(35)16-26(36)39-25)40-30-27(37)22(32(7)8)15-18(3)38-30/h10,12,17-22,24-25,27-30,33,35,37H,9,11,13-16H2,1-8H3/p+1/b12-10+/t17-,18-,19+,20-,21+,22+,24-,25-,27-,28-,29?,30-,31?/m1/s1. The van der Waals surface area contributed by atoms with E-state index in [0.717, 1.165) is 4.90 Å². The molecule has 0 aromatic rings. The van der Waals surface area contributed by atoms with Crippen LogP contribution in [0.25, 0.3) is 0 Å². The number of nitrogens with one attached hydrogen (secondary N) is 1. The molecule has 0 bridgehead atoms. The molecule has 2 saturated heterocycles. The second-order valence-corrected chi connectivity index (χ2v) is 13.1. The Hall–Kier alpha value is -1.40. The number of allylic oxidation sites excluding steroid dienone is 1. The van der Waals surface area contributed by atoms with Crippen LogP contribution in [-0.2, 0) is 28.5 Å². The minimum Gasteiger partial charge on any atom is -0.462 e. The lowest BCUT2D eigenvalue weighted by Crippen LogP contribution is -3.12. The van der Waals surface area contributed by atoms with E-state index >= 15 is 0 Å². The van der Waals surface area contributed by atoms with Gasteiger partial charge in [-0.25, -0.2) is 0 Å². The Morgan fingerprint density at radius 2 is 1.78 bits per heavy atom. The molecule has 0 aromatic heterocycles. The number of fused-ring (bicyclic) bond motifs is 1. The van der Waals surface area contributed by atoms with E-state index in [0.29, 0.717) is 25.7 Å². The van der Waals surface area contributed by atoms with E-state index in [-0.39, 0.29) is 48.9 Å². The molecule has 0 aliphatic carbocycles. The molecule has 3 heterocycles. The van der Waals surface area contributed by atoms with Crippen LogP contribution in [0.15, 0.2) is 12.2 Å². The lowest BCUT2D eigenvalue weighted by atomic mass is 9.79. The molecule has 0 spiro atoms. The molecule has 2 unspecified atom stereocenters. The molecule has 0 saturated carbocycles. The molecule has 13 atom stereocenters. The number of epoxide rings is 1. The number of hydrogen-bond acceptors (Lipinski definition) is 9. The Morgan fingerprint density at radius 1 is 1.10 bits per heavy atom. The molecule has 3 aliphatic rings. The maximum Gasteiger partial charge on any atom is 0.308 e. The van der Waals surface area contributed by atoms with Crippen LogP contribution in [0.2, 0.25) is 0 Å². The molecule has 0 amide bonds. The molecule has 4 N–H and O–H groups in total. The fourth-order valence-corrected chi connectivity index (χ4v) is 6.68. The predicted molar refractivity (Wildman–Crippen MR) is 152 cm³/mol. The molecular formula is C31H54NO9+. The number of rotatable bonds is 6. The Morgan fingerprint density at radius 3 is 2.39 bits per heavy atom. The summed E-state index contributed by atoms with van der Waals surface area (Å²) in [6.07, 6.45) is 0.624. The summed E-state index contributed by atoms with van der Waals surface area (Å²) in [5, 5.41) is 32.5. The van der Waals surface area contributed by atoms with Gasteiger partial charge < -0.3 is 39.2 Å². The second kappa shape index (κ2) is 14.4. The lowest BCUT2D eigenvalue weighted by molar-refractivity contribution is -0.893. The number of carbonyl (C=O) groups excluding carboxylic acids is 2. The van der Waals surface area contributed by atoms with E-state index < -0.39 is 54.1 Å². The number of cyclic esters (lactones) is 1. The van der Waals surface area contributed by atoms with E-state index in [9.17, 15) is 24.9 Å². The Kier molecular flexibility index (Phi) is 12.0. The fourth-order valence-electron chi connectivity index (χ4n) is 6.68.